The van der Waals surface area contributed by atoms with Crippen LogP contribution in [0.15, 0.2) is 176 Å². The minimum absolute atomic E-state index is 0.605. The van der Waals surface area contributed by atoms with Crippen molar-refractivity contribution in [3.8, 4) is 40.3 Å². The number of hydrogen-bond acceptors (Lipinski definition) is 2. The zero-order valence-corrected chi connectivity index (χ0v) is 29.5. The molecule has 0 saturated heterocycles. The average molecular weight is 700 g/mol. The van der Waals surface area contributed by atoms with Crippen LogP contribution in [0.5, 0.6) is 0 Å². The fraction of sp³-hybridized carbons (Fsp3) is 0. The van der Waals surface area contributed by atoms with E-state index >= 15 is 0 Å². The fourth-order valence-electron chi connectivity index (χ4n) is 8.67. The number of hydrogen-bond donors (Lipinski definition) is 0. The van der Waals surface area contributed by atoms with Crippen molar-refractivity contribution < 1.29 is 0 Å². The van der Waals surface area contributed by atoms with E-state index in [1.165, 1.54) is 21.8 Å². The number of nitrogens with zero attached hydrogens (tertiary/aromatic N) is 5. The minimum Gasteiger partial charge on any atom is -0.309 e. The van der Waals surface area contributed by atoms with Crippen LogP contribution in [-0.4, -0.2) is 13.7 Å². The Morgan fingerprint density at radius 2 is 0.818 bits per heavy atom. The minimum atomic E-state index is 0.605. The third kappa shape index (κ3) is 4.51. The SMILES string of the molecule is N#Cc1ccc2c3ccccc3n(-c3ccc(-c4ccc(C#N)c(-n5c6ccccc6c6cc(-n7c8ccccc8c8ccccc87)ccc65)c4)cc3)c2c1. The third-order valence-corrected chi connectivity index (χ3v) is 11.1. The largest absolute Gasteiger partial charge is 0.309 e. The lowest BCUT2D eigenvalue weighted by Crippen LogP contribution is -1.99. The van der Waals surface area contributed by atoms with Crippen LogP contribution in [0.4, 0.5) is 0 Å². The molecule has 0 atom stereocenters. The second-order valence-electron chi connectivity index (χ2n) is 14.0. The smallest absolute Gasteiger partial charge is 0.101 e. The van der Waals surface area contributed by atoms with Crippen LogP contribution in [-0.2, 0) is 0 Å². The molecule has 0 bridgehead atoms. The van der Waals surface area contributed by atoms with Gasteiger partial charge >= 0.3 is 0 Å². The summed E-state index contributed by atoms with van der Waals surface area (Å²) < 4.78 is 6.82. The van der Waals surface area contributed by atoms with Crippen LogP contribution in [0, 0.1) is 22.7 Å². The van der Waals surface area contributed by atoms with Gasteiger partial charge in [0, 0.05) is 43.7 Å². The summed E-state index contributed by atoms with van der Waals surface area (Å²) in [6, 6.07) is 66.0. The number of nitriles is 2. The zero-order valence-electron chi connectivity index (χ0n) is 29.5. The van der Waals surface area contributed by atoms with Crippen molar-refractivity contribution in [2.24, 2.45) is 0 Å². The Balaban J connectivity index is 1.06. The first kappa shape index (κ1) is 30.7. The third-order valence-electron chi connectivity index (χ3n) is 11.1. The zero-order chi connectivity index (χ0) is 36.6. The second-order valence-corrected chi connectivity index (χ2v) is 14.0. The van der Waals surface area contributed by atoms with Crippen molar-refractivity contribution in [1.82, 2.24) is 13.7 Å². The van der Waals surface area contributed by atoms with Gasteiger partial charge in [0.2, 0.25) is 0 Å². The summed E-state index contributed by atoms with van der Waals surface area (Å²) in [4.78, 5) is 0. The van der Waals surface area contributed by atoms with Gasteiger partial charge in [0.15, 0.2) is 0 Å². The fourth-order valence-corrected chi connectivity index (χ4v) is 8.67. The van der Waals surface area contributed by atoms with E-state index < -0.39 is 0 Å². The van der Waals surface area contributed by atoms with Crippen LogP contribution < -0.4 is 0 Å². The van der Waals surface area contributed by atoms with Gasteiger partial charge in [-0.25, -0.2) is 0 Å². The molecule has 0 fully saturated rings. The summed E-state index contributed by atoms with van der Waals surface area (Å²) >= 11 is 0. The number of fused-ring (bicyclic) bond motifs is 9. The highest BCUT2D eigenvalue weighted by Crippen LogP contribution is 2.39. The van der Waals surface area contributed by atoms with E-state index in [0.717, 1.165) is 71.8 Å². The Kier molecular flexibility index (Phi) is 6.61. The molecule has 0 saturated carbocycles. The lowest BCUT2D eigenvalue weighted by atomic mass is 10.0. The summed E-state index contributed by atoms with van der Waals surface area (Å²) in [5.41, 5.74) is 12.8. The molecule has 0 spiro atoms. The number of para-hydroxylation sites is 4. The van der Waals surface area contributed by atoms with E-state index in [2.05, 4.69) is 171 Å². The number of rotatable bonds is 4. The van der Waals surface area contributed by atoms with Crippen LogP contribution in [0.2, 0.25) is 0 Å². The normalized spacial score (nSPS) is 11.6. The van der Waals surface area contributed by atoms with Crippen molar-refractivity contribution in [3.63, 3.8) is 0 Å². The first-order valence-corrected chi connectivity index (χ1v) is 18.3. The molecule has 55 heavy (non-hydrogen) atoms. The van der Waals surface area contributed by atoms with Crippen LogP contribution in [0.3, 0.4) is 0 Å². The standard InChI is InChI=1S/C50H29N5/c51-30-32-17-25-42-40-11-3-5-13-44(40)53(50(42)27-32)36-22-20-33(21-23-36)34-18-19-35(31-52)49(28-34)55-47-16-8-4-12-41(47)43-29-37(24-26-48(43)55)54-45-14-6-1-9-38(45)39-10-2-7-15-46(39)54/h1-29H. The van der Waals surface area contributed by atoms with E-state index in [4.69, 9.17) is 0 Å². The molecule has 5 heteroatoms. The molecule has 0 radical (unpaired) electrons. The predicted octanol–water partition coefficient (Wildman–Crippen LogP) is 12.4. The Morgan fingerprint density at radius 1 is 0.327 bits per heavy atom. The Morgan fingerprint density at radius 3 is 1.42 bits per heavy atom. The van der Waals surface area contributed by atoms with E-state index in [-0.39, 0.29) is 0 Å². The molecule has 254 valence electrons. The van der Waals surface area contributed by atoms with Crippen LogP contribution in [0.1, 0.15) is 11.1 Å². The second kappa shape index (κ2) is 11.8. The van der Waals surface area contributed by atoms with Gasteiger partial charge < -0.3 is 13.7 Å². The molecular weight excluding hydrogens is 671 g/mol. The van der Waals surface area contributed by atoms with Crippen LogP contribution >= 0.6 is 0 Å². The summed E-state index contributed by atoms with van der Waals surface area (Å²) in [5, 5.41) is 27.1. The van der Waals surface area contributed by atoms with E-state index in [0.29, 0.717) is 11.1 Å². The quantitative estimate of drug-likeness (QED) is 0.184. The predicted molar refractivity (Wildman–Crippen MR) is 224 cm³/mol. The highest BCUT2D eigenvalue weighted by atomic mass is 15.0. The summed E-state index contributed by atoms with van der Waals surface area (Å²) in [7, 11) is 0. The lowest BCUT2D eigenvalue weighted by molar-refractivity contribution is 1.16. The molecule has 0 aliphatic carbocycles. The van der Waals surface area contributed by atoms with Crippen molar-refractivity contribution >= 4 is 65.4 Å². The van der Waals surface area contributed by atoms with Crippen molar-refractivity contribution in [2.45, 2.75) is 0 Å². The van der Waals surface area contributed by atoms with Crippen molar-refractivity contribution in [2.75, 3.05) is 0 Å². The van der Waals surface area contributed by atoms with Gasteiger partial charge in [0.25, 0.3) is 0 Å². The topological polar surface area (TPSA) is 62.4 Å². The van der Waals surface area contributed by atoms with Gasteiger partial charge in [-0.3, -0.25) is 0 Å². The molecule has 11 aromatic rings. The molecule has 5 nitrogen and oxygen atoms in total. The molecule has 8 aromatic carbocycles. The summed E-state index contributed by atoms with van der Waals surface area (Å²) in [6.45, 7) is 0. The van der Waals surface area contributed by atoms with Crippen LogP contribution in [0.25, 0.3) is 93.6 Å². The van der Waals surface area contributed by atoms with Crippen molar-refractivity contribution in [1.29, 1.82) is 10.5 Å². The maximum Gasteiger partial charge on any atom is 0.101 e. The highest BCUT2D eigenvalue weighted by molar-refractivity contribution is 6.13. The van der Waals surface area contributed by atoms with Gasteiger partial charge in [-0.05, 0) is 90.0 Å². The lowest BCUT2D eigenvalue weighted by Gasteiger charge is -2.14. The van der Waals surface area contributed by atoms with Crippen molar-refractivity contribution in [3.05, 3.63) is 187 Å². The molecular formula is C50H29N5. The van der Waals surface area contributed by atoms with Gasteiger partial charge in [0.05, 0.1) is 56.0 Å². The summed E-state index contributed by atoms with van der Waals surface area (Å²) in [6.07, 6.45) is 0. The number of benzene rings is 8. The van der Waals surface area contributed by atoms with Gasteiger partial charge in [-0.2, -0.15) is 10.5 Å². The molecule has 0 unspecified atom stereocenters. The molecule has 0 N–H and O–H groups in total. The Labute approximate surface area is 316 Å². The Hall–Kier alpha value is -7.86. The van der Waals surface area contributed by atoms with E-state index in [1.54, 1.807) is 0 Å². The van der Waals surface area contributed by atoms with E-state index in [9.17, 15) is 10.5 Å². The van der Waals surface area contributed by atoms with Gasteiger partial charge in [-0.15, -0.1) is 0 Å². The molecule has 0 aliphatic heterocycles. The molecule has 3 aromatic heterocycles. The Bertz CT molecular complexity index is 3400. The van der Waals surface area contributed by atoms with Gasteiger partial charge in [-0.1, -0.05) is 97.1 Å². The van der Waals surface area contributed by atoms with Gasteiger partial charge in [0.1, 0.15) is 6.07 Å². The maximum atomic E-state index is 10.5. The maximum absolute atomic E-state index is 10.5. The van der Waals surface area contributed by atoms with E-state index in [1.807, 2.05) is 30.3 Å². The first-order valence-electron chi connectivity index (χ1n) is 18.3. The average Bonchev–Trinajstić information content (AvgIpc) is 3.88. The molecule has 0 amide bonds. The number of aromatic nitrogens is 3. The molecule has 0 aliphatic rings. The highest BCUT2D eigenvalue weighted by Gasteiger charge is 2.19. The molecule has 11 rings (SSSR count). The first-order chi connectivity index (χ1) is 27.2. The monoisotopic (exact) mass is 699 g/mol. The molecule has 3 heterocycles. The summed E-state index contributed by atoms with van der Waals surface area (Å²) in [5.74, 6) is 0.